The maximum Gasteiger partial charge on any atom is 0.224 e. The molecule has 0 saturated carbocycles. The van der Waals surface area contributed by atoms with Crippen molar-refractivity contribution in [1.82, 2.24) is 19.7 Å². The minimum Gasteiger partial charge on any atom is -0.378 e. The summed E-state index contributed by atoms with van der Waals surface area (Å²) in [6.07, 6.45) is 3.54. The number of aromatic nitrogens is 4. The minimum atomic E-state index is 0.00134. The topological polar surface area (TPSA) is 85.2 Å². The van der Waals surface area contributed by atoms with Crippen molar-refractivity contribution in [1.29, 1.82) is 0 Å². The minimum absolute atomic E-state index is 0.00134. The Morgan fingerprint density at radius 1 is 1.12 bits per heavy atom. The second-order valence-electron chi connectivity index (χ2n) is 8.00. The van der Waals surface area contributed by atoms with E-state index in [1.165, 1.54) is 5.56 Å². The molecule has 4 rings (SSSR count). The van der Waals surface area contributed by atoms with E-state index in [9.17, 15) is 4.79 Å². The number of benzene rings is 1. The fraction of sp³-hybridized carbons (Fsp3) is 0.417. The Morgan fingerprint density at radius 3 is 2.69 bits per heavy atom. The van der Waals surface area contributed by atoms with Crippen LogP contribution in [0.4, 0.5) is 11.5 Å². The van der Waals surface area contributed by atoms with Gasteiger partial charge in [0.2, 0.25) is 5.91 Å². The first kappa shape index (κ1) is 22.0. The van der Waals surface area contributed by atoms with Crippen molar-refractivity contribution in [3.05, 3.63) is 59.2 Å². The maximum atomic E-state index is 12.5. The zero-order valence-electron chi connectivity index (χ0n) is 19.0. The van der Waals surface area contributed by atoms with Gasteiger partial charge in [0, 0.05) is 37.0 Å². The van der Waals surface area contributed by atoms with Crippen molar-refractivity contribution in [3.63, 3.8) is 0 Å². The molecular formula is C24H30N6O2. The molecular weight excluding hydrogens is 404 g/mol. The molecule has 1 N–H and O–H groups in total. The molecule has 1 amide bonds. The Morgan fingerprint density at radius 2 is 1.91 bits per heavy atom. The highest BCUT2D eigenvalue weighted by atomic mass is 16.5. The molecule has 168 valence electrons. The summed E-state index contributed by atoms with van der Waals surface area (Å²) >= 11 is 0. The van der Waals surface area contributed by atoms with Gasteiger partial charge in [0.25, 0.3) is 0 Å². The van der Waals surface area contributed by atoms with Crippen LogP contribution in [-0.4, -0.2) is 52.0 Å². The largest absolute Gasteiger partial charge is 0.378 e. The Labute approximate surface area is 188 Å². The number of carbonyl (C=O) groups excluding carboxylic acids is 1. The van der Waals surface area contributed by atoms with Gasteiger partial charge < -0.3 is 15.0 Å². The predicted octanol–water partition coefficient (Wildman–Crippen LogP) is 3.25. The van der Waals surface area contributed by atoms with E-state index in [4.69, 9.17) is 9.84 Å². The van der Waals surface area contributed by atoms with Gasteiger partial charge in [0.15, 0.2) is 5.82 Å². The number of ether oxygens (including phenoxy) is 1. The number of anilines is 2. The van der Waals surface area contributed by atoms with Crippen LogP contribution in [0, 0.1) is 13.8 Å². The van der Waals surface area contributed by atoms with Gasteiger partial charge >= 0.3 is 0 Å². The maximum absolute atomic E-state index is 12.5. The molecule has 8 nitrogen and oxygen atoms in total. The van der Waals surface area contributed by atoms with Crippen molar-refractivity contribution in [3.8, 4) is 5.82 Å². The highest BCUT2D eigenvalue weighted by Gasteiger charge is 2.18. The summed E-state index contributed by atoms with van der Waals surface area (Å²) < 4.78 is 7.28. The summed E-state index contributed by atoms with van der Waals surface area (Å²) in [4.78, 5) is 23.6. The lowest BCUT2D eigenvalue weighted by Crippen LogP contribution is -2.36. The number of carbonyl (C=O) groups is 1. The summed E-state index contributed by atoms with van der Waals surface area (Å²) in [7, 11) is 0. The first-order valence-corrected chi connectivity index (χ1v) is 11.1. The summed E-state index contributed by atoms with van der Waals surface area (Å²) in [6.45, 7) is 9.14. The average molecular weight is 435 g/mol. The van der Waals surface area contributed by atoms with E-state index in [-0.39, 0.29) is 5.91 Å². The molecule has 1 aliphatic heterocycles. The average Bonchev–Trinajstić information content (AvgIpc) is 3.11. The molecule has 0 bridgehead atoms. The van der Waals surface area contributed by atoms with E-state index >= 15 is 0 Å². The number of nitrogens with one attached hydrogen (secondary N) is 1. The van der Waals surface area contributed by atoms with E-state index < -0.39 is 0 Å². The molecule has 1 aliphatic rings. The van der Waals surface area contributed by atoms with Crippen LogP contribution in [0.25, 0.3) is 5.82 Å². The fourth-order valence-corrected chi connectivity index (χ4v) is 4.01. The monoisotopic (exact) mass is 434 g/mol. The Kier molecular flexibility index (Phi) is 6.80. The summed E-state index contributed by atoms with van der Waals surface area (Å²) in [5.41, 5.74) is 5.03. The van der Waals surface area contributed by atoms with Gasteiger partial charge in [-0.2, -0.15) is 5.10 Å². The molecule has 1 aromatic carbocycles. The van der Waals surface area contributed by atoms with Gasteiger partial charge in [-0.3, -0.25) is 4.79 Å². The number of morpholine rings is 1. The van der Waals surface area contributed by atoms with E-state index in [0.717, 1.165) is 53.8 Å². The second-order valence-corrected chi connectivity index (χ2v) is 8.00. The van der Waals surface area contributed by atoms with E-state index in [0.29, 0.717) is 26.1 Å². The summed E-state index contributed by atoms with van der Waals surface area (Å²) in [5.74, 6) is 1.61. The molecule has 0 atom stereocenters. The van der Waals surface area contributed by atoms with Crippen LogP contribution in [0.3, 0.4) is 0 Å². The third-order valence-electron chi connectivity index (χ3n) is 5.85. The number of rotatable bonds is 7. The van der Waals surface area contributed by atoms with Crippen LogP contribution in [0.5, 0.6) is 0 Å². The number of aryl methyl sites for hydroxylation is 2. The van der Waals surface area contributed by atoms with E-state index in [1.807, 2.05) is 42.8 Å². The first-order valence-electron chi connectivity index (χ1n) is 11.1. The molecule has 1 saturated heterocycles. The molecule has 3 heterocycles. The van der Waals surface area contributed by atoms with Crippen LogP contribution < -0.4 is 10.2 Å². The van der Waals surface area contributed by atoms with Crippen molar-refractivity contribution < 1.29 is 9.53 Å². The van der Waals surface area contributed by atoms with Gasteiger partial charge in [-0.15, -0.1) is 0 Å². The smallest absolute Gasteiger partial charge is 0.224 e. The van der Waals surface area contributed by atoms with Gasteiger partial charge in [-0.05, 0) is 49.9 Å². The quantitative estimate of drug-likeness (QED) is 0.614. The van der Waals surface area contributed by atoms with Crippen molar-refractivity contribution in [2.24, 2.45) is 0 Å². The Bertz CT molecular complexity index is 1090. The Hall–Kier alpha value is -3.26. The molecule has 1 fully saturated rings. The zero-order chi connectivity index (χ0) is 22.5. The number of amides is 1. The lowest BCUT2D eigenvalue weighted by atomic mass is 10.1. The number of nitrogens with zero attached hydrogens (tertiary/aromatic N) is 5. The third kappa shape index (κ3) is 4.96. The number of hydrogen-bond donors (Lipinski definition) is 1. The van der Waals surface area contributed by atoms with Crippen LogP contribution in [0.1, 0.15) is 35.9 Å². The van der Waals surface area contributed by atoms with Crippen LogP contribution in [0.2, 0.25) is 0 Å². The standard InChI is InChI=1S/C24H30N6O2/c1-4-19-6-5-7-20(14-19)27-24(31)9-8-21-17(2)28-30(18(21)3)23-15-22(25-16-26-23)29-10-12-32-13-11-29/h5-7,14-16H,4,8-13H2,1-3H3,(H,27,31). The first-order chi connectivity index (χ1) is 15.5. The second kappa shape index (κ2) is 9.91. The molecule has 8 heteroatoms. The fourth-order valence-electron chi connectivity index (χ4n) is 4.01. The van der Waals surface area contributed by atoms with Crippen LogP contribution in [0.15, 0.2) is 36.7 Å². The van der Waals surface area contributed by atoms with Gasteiger partial charge in [-0.25, -0.2) is 14.6 Å². The lowest BCUT2D eigenvalue weighted by molar-refractivity contribution is -0.116. The molecule has 0 spiro atoms. The van der Waals surface area contributed by atoms with E-state index in [1.54, 1.807) is 6.33 Å². The Balaban J connectivity index is 1.45. The van der Waals surface area contributed by atoms with E-state index in [2.05, 4.69) is 33.2 Å². The van der Waals surface area contributed by atoms with Crippen molar-refractivity contribution in [2.45, 2.75) is 40.0 Å². The van der Waals surface area contributed by atoms with Gasteiger partial charge in [-0.1, -0.05) is 19.1 Å². The molecule has 2 aromatic heterocycles. The highest BCUT2D eigenvalue weighted by Crippen LogP contribution is 2.21. The molecule has 32 heavy (non-hydrogen) atoms. The lowest BCUT2D eigenvalue weighted by Gasteiger charge is -2.27. The molecule has 0 aliphatic carbocycles. The highest BCUT2D eigenvalue weighted by molar-refractivity contribution is 5.90. The normalized spacial score (nSPS) is 13.9. The summed E-state index contributed by atoms with van der Waals surface area (Å²) in [5, 5.41) is 7.71. The predicted molar refractivity (Wildman–Crippen MR) is 124 cm³/mol. The SMILES string of the molecule is CCc1cccc(NC(=O)CCc2c(C)nn(-c3cc(N4CCOCC4)ncn3)c2C)c1. The third-order valence-corrected chi connectivity index (χ3v) is 5.85. The zero-order valence-corrected chi connectivity index (χ0v) is 19.0. The van der Waals surface area contributed by atoms with Crippen molar-refractivity contribution >= 4 is 17.4 Å². The molecule has 0 radical (unpaired) electrons. The van der Waals surface area contributed by atoms with Crippen LogP contribution in [-0.2, 0) is 22.4 Å². The van der Waals surface area contributed by atoms with Crippen LogP contribution >= 0.6 is 0 Å². The van der Waals surface area contributed by atoms with Gasteiger partial charge in [0.05, 0.1) is 18.9 Å². The molecule has 0 unspecified atom stereocenters. The van der Waals surface area contributed by atoms with Gasteiger partial charge in [0.1, 0.15) is 12.1 Å². The summed E-state index contributed by atoms with van der Waals surface area (Å²) in [6, 6.07) is 9.94. The number of hydrogen-bond acceptors (Lipinski definition) is 6. The van der Waals surface area contributed by atoms with Crippen molar-refractivity contribution in [2.75, 3.05) is 36.5 Å². The molecule has 3 aromatic rings.